The van der Waals surface area contributed by atoms with Crippen molar-refractivity contribution in [1.29, 1.82) is 0 Å². The lowest BCUT2D eigenvalue weighted by Gasteiger charge is -2.27. The molecule has 0 saturated carbocycles. The van der Waals surface area contributed by atoms with Gasteiger partial charge in [0.2, 0.25) is 5.91 Å². The summed E-state index contributed by atoms with van der Waals surface area (Å²) in [6.07, 6.45) is 1.44. The summed E-state index contributed by atoms with van der Waals surface area (Å²) in [7, 11) is 0. The number of quaternary nitrogens is 1. The SMILES string of the molecule is NC(=O)C1CC[NH+](CC(=O)Nc2cccc(F)c2)CC1. The number of halogens is 1. The minimum atomic E-state index is -0.377. The Morgan fingerprint density at radius 3 is 2.65 bits per heavy atom. The van der Waals surface area contributed by atoms with Gasteiger partial charge in [-0.05, 0) is 18.2 Å². The highest BCUT2D eigenvalue weighted by molar-refractivity contribution is 5.91. The molecule has 1 aliphatic rings. The quantitative estimate of drug-likeness (QED) is 0.698. The number of nitrogens with two attached hydrogens (primary N) is 1. The molecule has 2 amide bonds. The lowest BCUT2D eigenvalue weighted by molar-refractivity contribution is -0.897. The van der Waals surface area contributed by atoms with Gasteiger partial charge in [-0.1, -0.05) is 6.07 Å². The summed E-state index contributed by atoms with van der Waals surface area (Å²) in [5, 5.41) is 2.67. The van der Waals surface area contributed by atoms with Crippen molar-refractivity contribution in [2.75, 3.05) is 25.0 Å². The van der Waals surface area contributed by atoms with Crippen LogP contribution in [0, 0.1) is 11.7 Å². The zero-order valence-electron chi connectivity index (χ0n) is 11.2. The van der Waals surface area contributed by atoms with Crippen molar-refractivity contribution in [3.8, 4) is 0 Å². The summed E-state index contributed by atoms with van der Waals surface area (Å²) in [6.45, 7) is 1.83. The third kappa shape index (κ3) is 4.03. The van der Waals surface area contributed by atoms with E-state index < -0.39 is 0 Å². The Kier molecular flexibility index (Phi) is 4.68. The molecule has 4 N–H and O–H groups in total. The van der Waals surface area contributed by atoms with E-state index in [4.69, 9.17) is 5.73 Å². The molecule has 1 aliphatic heterocycles. The van der Waals surface area contributed by atoms with Crippen molar-refractivity contribution in [2.45, 2.75) is 12.8 Å². The zero-order valence-corrected chi connectivity index (χ0v) is 11.2. The number of nitrogens with one attached hydrogen (secondary N) is 2. The number of hydrogen-bond donors (Lipinski definition) is 3. The van der Waals surface area contributed by atoms with Gasteiger partial charge in [0, 0.05) is 24.4 Å². The fourth-order valence-corrected chi connectivity index (χ4v) is 2.49. The van der Waals surface area contributed by atoms with E-state index in [1.54, 1.807) is 12.1 Å². The molecule has 1 fully saturated rings. The molecule has 108 valence electrons. The Morgan fingerprint density at radius 1 is 1.35 bits per heavy atom. The molecule has 0 radical (unpaired) electrons. The predicted molar refractivity (Wildman–Crippen MR) is 72.5 cm³/mol. The average molecular weight is 280 g/mol. The van der Waals surface area contributed by atoms with Gasteiger partial charge in [-0.25, -0.2) is 4.39 Å². The van der Waals surface area contributed by atoms with E-state index in [1.165, 1.54) is 12.1 Å². The van der Waals surface area contributed by atoms with E-state index in [0.717, 1.165) is 30.8 Å². The van der Waals surface area contributed by atoms with Gasteiger partial charge in [-0.3, -0.25) is 9.59 Å². The first-order chi connectivity index (χ1) is 9.54. The maximum Gasteiger partial charge on any atom is 0.279 e. The summed E-state index contributed by atoms with van der Waals surface area (Å²) < 4.78 is 13.0. The summed E-state index contributed by atoms with van der Waals surface area (Å²) in [6, 6.07) is 5.81. The summed E-state index contributed by atoms with van der Waals surface area (Å²) in [5.74, 6) is -0.848. The van der Waals surface area contributed by atoms with Crippen molar-refractivity contribution < 1.29 is 18.9 Å². The van der Waals surface area contributed by atoms with Crippen molar-refractivity contribution in [2.24, 2.45) is 11.7 Å². The van der Waals surface area contributed by atoms with Crippen molar-refractivity contribution >= 4 is 17.5 Å². The fourth-order valence-electron chi connectivity index (χ4n) is 2.49. The van der Waals surface area contributed by atoms with Crippen LogP contribution in [0.1, 0.15) is 12.8 Å². The van der Waals surface area contributed by atoms with E-state index in [1.807, 2.05) is 0 Å². The number of rotatable bonds is 4. The fraction of sp³-hybridized carbons (Fsp3) is 0.429. The zero-order chi connectivity index (χ0) is 14.5. The number of carbonyl (C=O) groups is 2. The van der Waals surface area contributed by atoms with E-state index in [-0.39, 0.29) is 23.5 Å². The maximum atomic E-state index is 13.0. The number of primary amides is 1. The second kappa shape index (κ2) is 6.47. The first-order valence-corrected chi connectivity index (χ1v) is 6.73. The van der Waals surface area contributed by atoms with Crippen LogP contribution in [0.25, 0.3) is 0 Å². The number of anilines is 1. The van der Waals surface area contributed by atoms with Gasteiger partial charge in [0.15, 0.2) is 6.54 Å². The molecule has 0 atom stereocenters. The lowest BCUT2D eigenvalue weighted by Crippen LogP contribution is -3.14. The third-order valence-corrected chi connectivity index (χ3v) is 3.61. The van der Waals surface area contributed by atoms with E-state index in [2.05, 4.69) is 5.32 Å². The largest absolute Gasteiger partial charge is 0.369 e. The molecule has 1 aromatic rings. The minimum Gasteiger partial charge on any atom is -0.369 e. The standard InChI is InChI=1S/C14H18FN3O2/c15-11-2-1-3-12(8-11)17-13(19)9-18-6-4-10(5-7-18)14(16)20/h1-3,8,10H,4-7,9H2,(H2,16,20)(H,17,19)/p+1. The first-order valence-electron chi connectivity index (χ1n) is 6.73. The van der Waals surface area contributed by atoms with Crippen LogP contribution in [0.5, 0.6) is 0 Å². The van der Waals surface area contributed by atoms with Crippen LogP contribution < -0.4 is 16.0 Å². The predicted octanol–water partition coefficient (Wildman–Crippen LogP) is -0.456. The van der Waals surface area contributed by atoms with Gasteiger partial charge in [-0.15, -0.1) is 0 Å². The molecular formula is C14H19FN3O2+. The highest BCUT2D eigenvalue weighted by Crippen LogP contribution is 2.09. The van der Waals surface area contributed by atoms with Crippen molar-refractivity contribution in [3.05, 3.63) is 30.1 Å². The van der Waals surface area contributed by atoms with E-state index in [9.17, 15) is 14.0 Å². The third-order valence-electron chi connectivity index (χ3n) is 3.61. The highest BCUT2D eigenvalue weighted by Gasteiger charge is 2.26. The molecule has 1 heterocycles. The van der Waals surface area contributed by atoms with Crippen molar-refractivity contribution in [1.82, 2.24) is 0 Å². The molecule has 2 rings (SSSR count). The normalized spacial score (nSPS) is 22.2. The molecule has 0 unspecified atom stereocenters. The number of hydrogen-bond acceptors (Lipinski definition) is 2. The second-order valence-corrected chi connectivity index (χ2v) is 5.16. The first kappa shape index (κ1) is 14.5. The van der Waals surface area contributed by atoms with Gasteiger partial charge in [0.05, 0.1) is 13.1 Å². The molecule has 5 nitrogen and oxygen atoms in total. The second-order valence-electron chi connectivity index (χ2n) is 5.16. The van der Waals surface area contributed by atoms with Crippen LogP contribution in [-0.2, 0) is 9.59 Å². The smallest absolute Gasteiger partial charge is 0.279 e. The van der Waals surface area contributed by atoms with Crippen LogP contribution in [0.3, 0.4) is 0 Å². The Hall–Kier alpha value is -1.95. The summed E-state index contributed by atoms with van der Waals surface area (Å²) in [5.41, 5.74) is 5.73. The van der Waals surface area contributed by atoms with Crippen molar-refractivity contribution in [3.63, 3.8) is 0 Å². The van der Waals surface area contributed by atoms with Gasteiger partial charge < -0.3 is 16.0 Å². The van der Waals surface area contributed by atoms with E-state index >= 15 is 0 Å². The molecule has 1 aromatic carbocycles. The summed E-state index contributed by atoms with van der Waals surface area (Å²) in [4.78, 5) is 24.0. The van der Waals surface area contributed by atoms with Crippen LogP contribution in [0.2, 0.25) is 0 Å². The van der Waals surface area contributed by atoms with Gasteiger partial charge in [-0.2, -0.15) is 0 Å². The molecule has 6 heteroatoms. The van der Waals surface area contributed by atoms with Crippen LogP contribution in [0.15, 0.2) is 24.3 Å². The van der Waals surface area contributed by atoms with Crippen LogP contribution >= 0.6 is 0 Å². The topological polar surface area (TPSA) is 76.6 Å². The maximum absolute atomic E-state index is 13.0. The Balaban J connectivity index is 1.80. The number of likely N-dealkylation sites (tertiary alicyclic amines) is 1. The van der Waals surface area contributed by atoms with Gasteiger partial charge in [0.1, 0.15) is 5.82 Å². The Labute approximate surface area is 116 Å². The molecule has 0 aromatic heterocycles. The molecule has 0 bridgehead atoms. The van der Waals surface area contributed by atoms with Crippen LogP contribution in [0.4, 0.5) is 10.1 Å². The monoisotopic (exact) mass is 280 g/mol. The minimum absolute atomic E-state index is 0.0648. The average Bonchev–Trinajstić information content (AvgIpc) is 2.39. The Morgan fingerprint density at radius 2 is 2.05 bits per heavy atom. The number of amides is 2. The molecular weight excluding hydrogens is 261 g/mol. The van der Waals surface area contributed by atoms with E-state index in [0.29, 0.717) is 12.2 Å². The number of benzene rings is 1. The number of carbonyl (C=O) groups excluding carboxylic acids is 2. The molecule has 20 heavy (non-hydrogen) atoms. The molecule has 1 saturated heterocycles. The highest BCUT2D eigenvalue weighted by atomic mass is 19.1. The van der Waals surface area contributed by atoms with Gasteiger partial charge in [0.25, 0.3) is 5.91 Å². The van der Waals surface area contributed by atoms with Crippen LogP contribution in [-0.4, -0.2) is 31.4 Å². The van der Waals surface area contributed by atoms with Gasteiger partial charge >= 0.3 is 0 Å². The molecule has 0 aliphatic carbocycles. The number of piperidine rings is 1. The lowest BCUT2D eigenvalue weighted by atomic mass is 9.96. The Bertz CT molecular complexity index is 499. The molecule has 0 spiro atoms. The summed E-state index contributed by atoms with van der Waals surface area (Å²) >= 11 is 0.